The van der Waals surface area contributed by atoms with Crippen molar-refractivity contribution in [1.82, 2.24) is 0 Å². The van der Waals surface area contributed by atoms with E-state index in [4.69, 9.17) is 21.1 Å². The summed E-state index contributed by atoms with van der Waals surface area (Å²) in [4.78, 5) is 0. The van der Waals surface area contributed by atoms with Crippen molar-refractivity contribution >= 4 is 11.6 Å². The molecule has 0 amide bonds. The van der Waals surface area contributed by atoms with Crippen LogP contribution in [0.3, 0.4) is 0 Å². The number of aliphatic hydroxyl groups is 5. The second kappa shape index (κ2) is 8.72. The predicted octanol–water partition coefficient (Wildman–Crippen LogP) is 0.836. The summed E-state index contributed by atoms with van der Waals surface area (Å²) in [7, 11) is 1.21. The summed E-state index contributed by atoms with van der Waals surface area (Å²) in [6.45, 7) is -0.732. The lowest BCUT2D eigenvalue weighted by Crippen LogP contribution is -2.63. The van der Waals surface area contributed by atoms with Crippen LogP contribution in [0, 0.1) is 11.6 Å². The third-order valence-electron chi connectivity index (χ3n) is 5.13. The second-order valence-corrected chi connectivity index (χ2v) is 7.43. The Kier molecular flexibility index (Phi) is 6.63. The minimum absolute atomic E-state index is 0.0341. The maximum Gasteiger partial charge on any atom is 0.222 e. The Hall–Kier alpha value is -1.85. The van der Waals surface area contributed by atoms with E-state index >= 15 is 0 Å². The molecule has 1 aliphatic rings. The Labute approximate surface area is 175 Å². The highest BCUT2D eigenvalue weighted by Gasteiger charge is 2.53. The molecule has 0 bridgehead atoms. The van der Waals surface area contributed by atoms with Crippen LogP contribution < -0.4 is 4.74 Å². The van der Waals surface area contributed by atoms with E-state index < -0.39 is 48.4 Å². The molecule has 3 rings (SSSR count). The van der Waals surface area contributed by atoms with E-state index in [9.17, 15) is 34.3 Å². The summed E-state index contributed by atoms with van der Waals surface area (Å²) in [5, 5.41) is 50.6. The molecule has 1 aliphatic heterocycles. The van der Waals surface area contributed by atoms with Crippen LogP contribution in [0.5, 0.6) is 5.75 Å². The topological polar surface area (TPSA) is 120 Å². The first-order chi connectivity index (χ1) is 14.1. The van der Waals surface area contributed by atoms with Crippen molar-refractivity contribution in [2.24, 2.45) is 0 Å². The zero-order valence-corrected chi connectivity index (χ0v) is 16.6. The molecule has 5 N–H and O–H groups in total. The molecule has 164 valence electrons. The molecule has 1 heterocycles. The minimum Gasteiger partial charge on any atom is -0.494 e. The summed E-state index contributed by atoms with van der Waals surface area (Å²) in [5.41, 5.74) is 0.171. The summed E-state index contributed by atoms with van der Waals surface area (Å²) in [5.74, 6) is -4.25. The van der Waals surface area contributed by atoms with Crippen LogP contribution in [-0.2, 0) is 16.9 Å². The van der Waals surface area contributed by atoms with E-state index in [2.05, 4.69) is 0 Å². The lowest BCUT2D eigenvalue weighted by Gasteiger charge is -2.45. The first-order valence-corrected chi connectivity index (χ1v) is 9.36. The summed E-state index contributed by atoms with van der Waals surface area (Å²) >= 11 is 6.17. The third-order valence-corrected chi connectivity index (χ3v) is 5.50. The van der Waals surface area contributed by atoms with Gasteiger partial charge in [0, 0.05) is 23.1 Å². The van der Waals surface area contributed by atoms with E-state index in [0.717, 1.165) is 12.1 Å². The van der Waals surface area contributed by atoms with E-state index in [-0.39, 0.29) is 33.9 Å². The van der Waals surface area contributed by atoms with E-state index in [1.807, 2.05) is 0 Å². The van der Waals surface area contributed by atoms with Crippen molar-refractivity contribution in [1.29, 1.82) is 0 Å². The lowest BCUT2D eigenvalue weighted by atomic mass is 9.87. The van der Waals surface area contributed by atoms with Crippen molar-refractivity contribution in [2.75, 3.05) is 13.7 Å². The molecule has 1 saturated heterocycles. The lowest BCUT2D eigenvalue weighted by molar-refractivity contribution is -0.357. The molecule has 0 spiro atoms. The first-order valence-electron chi connectivity index (χ1n) is 8.98. The molecule has 0 aromatic heterocycles. The normalized spacial score (nSPS) is 29.1. The van der Waals surface area contributed by atoms with E-state index in [1.165, 1.54) is 25.3 Å². The van der Waals surface area contributed by atoms with Crippen LogP contribution in [-0.4, -0.2) is 63.7 Å². The number of hydrogen-bond donors (Lipinski definition) is 5. The van der Waals surface area contributed by atoms with Crippen molar-refractivity contribution in [3.05, 3.63) is 63.7 Å². The highest BCUT2D eigenvalue weighted by Crippen LogP contribution is 2.38. The van der Waals surface area contributed by atoms with Gasteiger partial charge in [-0.1, -0.05) is 17.7 Å². The van der Waals surface area contributed by atoms with Crippen molar-refractivity contribution < 1.29 is 43.8 Å². The van der Waals surface area contributed by atoms with Crippen LogP contribution in [0.25, 0.3) is 0 Å². The number of rotatable bonds is 5. The minimum atomic E-state index is -2.49. The van der Waals surface area contributed by atoms with Gasteiger partial charge in [-0.25, -0.2) is 8.78 Å². The van der Waals surface area contributed by atoms with Gasteiger partial charge >= 0.3 is 0 Å². The number of halogens is 3. The third kappa shape index (κ3) is 4.02. The fourth-order valence-electron chi connectivity index (χ4n) is 3.39. The van der Waals surface area contributed by atoms with Crippen LogP contribution in [0.1, 0.15) is 16.7 Å². The van der Waals surface area contributed by atoms with Crippen LogP contribution >= 0.6 is 11.6 Å². The van der Waals surface area contributed by atoms with Crippen molar-refractivity contribution in [3.8, 4) is 5.75 Å². The van der Waals surface area contributed by atoms with Crippen molar-refractivity contribution in [3.63, 3.8) is 0 Å². The number of methoxy groups -OCH3 is 1. The van der Waals surface area contributed by atoms with Gasteiger partial charge in [0.25, 0.3) is 0 Å². The van der Waals surface area contributed by atoms with Gasteiger partial charge in [0.1, 0.15) is 30.2 Å². The van der Waals surface area contributed by atoms with Gasteiger partial charge < -0.3 is 35.0 Å². The van der Waals surface area contributed by atoms with Crippen LogP contribution in [0.4, 0.5) is 8.78 Å². The first kappa shape index (κ1) is 22.8. The molecule has 5 atom stereocenters. The van der Waals surface area contributed by atoms with Gasteiger partial charge in [-0.05, 0) is 29.3 Å². The molecule has 10 heteroatoms. The van der Waals surface area contributed by atoms with Gasteiger partial charge in [0.05, 0.1) is 13.7 Å². The number of benzene rings is 2. The average Bonchev–Trinajstić information content (AvgIpc) is 2.73. The van der Waals surface area contributed by atoms with Crippen molar-refractivity contribution in [2.45, 2.75) is 36.6 Å². The highest BCUT2D eigenvalue weighted by molar-refractivity contribution is 6.31. The molecule has 0 aliphatic carbocycles. The number of aliphatic hydroxyl groups excluding tert-OH is 4. The van der Waals surface area contributed by atoms with Gasteiger partial charge in [-0.15, -0.1) is 0 Å². The largest absolute Gasteiger partial charge is 0.494 e. The van der Waals surface area contributed by atoms with Gasteiger partial charge in [-0.3, -0.25) is 0 Å². The fourth-order valence-corrected chi connectivity index (χ4v) is 3.58. The molecule has 2 aromatic carbocycles. The predicted molar refractivity (Wildman–Crippen MR) is 101 cm³/mol. The molecule has 0 radical (unpaired) electrons. The maximum absolute atomic E-state index is 14.3. The Balaban J connectivity index is 1.98. The summed E-state index contributed by atoms with van der Waals surface area (Å²) in [6.07, 6.45) is -6.94. The molecule has 2 aromatic rings. The quantitative estimate of drug-likeness (QED) is 0.461. The van der Waals surface area contributed by atoms with Gasteiger partial charge in [0.2, 0.25) is 5.79 Å². The SMILES string of the molecule is COc1cc(F)c(Cc2cc([C@]3(O)O[C@H](CO)[C@@H](O)[C@H](O)[C@H]3O)ccc2Cl)cc1F. The fraction of sp³-hybridized carbons (Fsp3) is 0.400. The second-order valence-electron chi connectivity index (χ2n) is 7.02. The maximum atomic E-state index is 14.3. The molecular weight excluding hydrogens is 426 g/mol. The molecule has 7 nitrogen and oxygen atoms in total. The standard InChI is InChI=1S/C20H21ClF2O7/c1-29-15-7-13(22)10(6-14(15)23)4-9-5-11(2-3-12(9)21)20(28)19(27)18(26)17(25)16(8-24)30-20/h2-3,5-7,16-19,24-28H,4,8H2,1H3/t16-,17-,18+,19-,20+/m1/s1. The van der Waals surface area contributed by atoms with Crippen LogP contribution in [0.2, 0.25) is 5.02 Å². The Morgan fingerprint density at radius 1 is 1.07 bits per heavy atom. The smallest absolute Gasteiger partial charge is 0.222 e. The Morgan fingerprint density at radius 2 is 1.77 bits per heavy atom. The number of ether oxygens (including phenoxy) is 2. The van der Waals surface area contributed by atoms with Gasteiger partial charge in [-0.2, -0.15) is 0 Å². The Bertz CT molecular complexity index is 926. The van der Waals surface area contributed by atoms with Crippen LogP contribution in [0.15, 0.2) is 30.3 Å². The molecular formula is C20H21ClF2O7. The zero-order valence-electron chi connectivity index (χ0n) is 15.8. The van der Waals surface area contributed by atoms with E-state index in [0.29, 0.717) is 0 Å². The zero-order chi connectivity index (χ0) is 22.2. The Morgan fingerprint density at radius 3 is 2.40 bits per heavy atom. The monoisotopic (exact) mass is 446 g/mol. The summed E-state index contributed by atoms with van der Waals surface area (Å²) < 4.78 is 38.3. The van der Waals surface area contributed by atoms with E-state index in [1.54, 1.807) is 0 Å². The molecule has 1 fully saturated rings. The van der Waals surface area contributed by atoms with Gasteiger partial charge in [0.15, 0.2) is 11.6 Å². The highest BCUT2D eigenvalue weighted by atomic mass is 35.5. The molecule has 0 saturated carbocycles. The summed E-state index contributed by atoms with van der Waals surface area (Å²) in [6, 6.07) is 5.81. The molecule has 0 unspecified atom stereocenters. The molecule has 30 heavy (non-hydrogen) atoms. The average molecular weight is 447 g/mol. The number of hydrogen-bond acceptors (Lipinski definition) is 7.